The Hall–Kier alpha value is -3.09. The zero-order chi connectivity index (χ0) is 17.6. The Kier molecular flexibility index (Phi) is 5.13. The Morgan fingerprint density at radius 1 is 1.12 bits per heavy atom. The zero-order valence-corrected chi connectivity index (χ0v) is 14.2. The number of benzene rings is 2. The molecule has 7 heteroatoms. The van der Waals surface area contributed by atoms with E-state index in [1.807, 2.05) is 42.5 Å². The first kappa shape index (κ1) is 16.8. The third-order valence-corrected chi connectivity index (χ3v) is 3.90. The lowest BCUT2D eigenvalue weighted by molar-refractivity contribution is -0.121. The fourth-order valence-electron chi connectivity index (χ4n) is 2.61. The molecule has 0 bridgehead atoms. The van der Waals surface area contributed by atoms with Gasteiger partial charge in [-0.3, -0.25) is 4.79 Å². The van der Waals surface area contributed by atoms with Crippen molar-refractivity contribution >= 4 is 16.9 Å². The van der Waals surface area contributed by atoms with E-state index in [1.54, 1.807) is 18.9 Å². The minimum atomic E-state index is -0.101. The van der Waals surface area contributed by atoms with Gasteiger partial charge >= 0.3 is 0 Å². The minimum Gasteiger partial charge on any atom is -0.493 e. The number of amides is 1. The fourth-order valence-corrected chi connectivity index (χ4v) is 2.61. The Bertz CT molecular complexity index is 876. The molecule has 0 saturated carbocycles. The van der Waals surface area contributed by atoms with E-state index in [1.165, 1.54) is 0 Å². The summed E-state index contributed by atoms with van der Waals surface area (Å²) in [5.41, 5.74) is 2.68. The number of nitrogens with one attached hydrogen (secondary N) is 1. The highest BCUT2D eigenvalue weighted by Crippen LogP contribution is 2.27. The number of para-hydroxylation sites is 1. The molecule has 130 valence electrons. The highest BCUT2D eigenvalue weighted by atomic mass is 16.5. The minimum absolute atomic E-state index is 0.101. The molecular weight excluding hydrogens is 320 g/mol. The first-order chi connectivity index (χ1) is 12.2. The highest BCUT2D eigenvalue weighted by molar-refractivity contribution is 5.79. The third-order valence-electron chi connectivity index (χ3n) is 3.90. The van der Waals surface area contributed by atoms with E-state index in [0.29, 0.717) is 24.5 Å². The van der Waals surface area contributed by atoms with Gasteiger partial charge in [-0.05, 0) is 36.2 Å². The molecule has 1 heterocycles. The molecule has 0 aliphatic heterocycles. The third kappa shape index (κ3) is 3.88. The highest BCUT2D eigenvalue weighted by Gasteiger charge is 2.09. The van der Waals surface area contributed by atoms with Crippen LogP contribution in [0, 0.1) is 0 Å². The molecule has 2 aromatic carbocycles. The second-order valence-electron chi connectivity index (χ2n) is 5.53. The van der Waals surface area contributed by atoms with Gasteiger partial charge in [-0.2, -0.15) is 0 Å². The SMILES string of the molecule is COc1ccc(CCNC(=O)Cn2nnc3ccccc32)cc1OC. The van der Waals surface area contributed by atoms with Gasteiger partial charge in [0.1, 0.15) is 12.1 Å². The summed E-state index contributed by atoms with van der Waals surface area (Å²) in [7, 11) is 3.21. The number of ether oxygens (including phenoxy) is 2. The summed E-state index contributed by atoms with van der Waals surface area (Å²) in [6.07, 6.45) is 0.699. The first-order valence-corrected chi connectivity index (χ1v) is 7.97. The maximum Gasteiger partial charge on any atom is 0.241 e. The zero-order valence-electron chi connectivity index (χ0n) is 14.2. The van der Waals surface area contributed by atoms with Gasteiger partial charge in [0.2, 0.25) is 5.91 Å². The van der Waals surface area contributed by atoms with Gasteiger partial charge < -0.3 is 14.8 Å². The van der Waals surface area contributed by atoms with E-state index < -0.39 is 0 Å². The molecule has 0 aliphatic carbocycles. The second kappa shape index (κ2) is 7.65. The van der Waals surface area contributed by atoms with E-state index in [4.69, 9.17) is 9.47 Å². The Morgan fingerprint density at radius 3 is 2.72 bits per heavy atom. The number of fused-ring (bicyclic) bond motifs is 1. The number of rotatable bonds is 7. The monoisotopic (exact) mass is 340 g/mol. The van der Waals surface area contributed by atoms with Crippen molar-refractivity contribution in [2.75, 3.05) is 20.8 Å². The van der Waals surface area contributed by atoms with E-state index in [-0.39, 0.29) is 12.5 Å². The molecule has 1 N–H and O–H groups in total. The molecule has 7 nitrogen and oxygen atoms in total. The lowest BCUT2D eigenvalue weighted by Crippen LogP contribution is -2.29. The number of nitrogens with zero attached hydrogens (tertiary/aromatic N) is 3. The molecule has 0 unspecified atom stereocenters. The standard InChI is InChI=1S/C18H20N4O3/c1-24-16-8-7-13(11-17(16)25-2)9-10-19-18(23)12-22-15-6-4-3-5-14(15)20-21-22/h3-8,11H,9-10,12H2,1-2H3,(H,19,23). The summed E-state index contributed by atoms with van der Waals surface area (Å²) in [5, 5.41) is 11.0. The van der Waals surface area contributed by atoms with E-state index in [9.17, 15) is 4.79 Å². The number of hydrogen-bond donors (Lipinski definition) is 1. The molecule has 0 spiro atoms. The van der Waals surface area contributed by atoms with Crippen molar-refractivity contribution < 1.29 is 14.3 Å². The van der Waals surface area contributed by atoms with Gasteiger partial charge in [-0.1, -0.05) is 23.4 Å². The van der Waals surface area contributed by atoms with Crippen LogP contribution in [0.25, 0.3) is 11.0 Å². The maximum atomic E-state index is 12.1. The fraction of sp³-hybridized carbons (Fsp3) is 0.278. The van der Waals surface area contributed by atoms with Crippen LogP contribution in [0.2, 0.25) is 0 Å². The average Bonchev–Trinajstić information content (AvgIpc) is 3.04. The summed E-state index contributed by atoms with van der Waals surface area (Å²) >= 11 is 0. The molecule has 0 radical (unpaired) electrons. The molecule has 1 aromatic heterocycles. The predicted octanol–water partition coefficient (Wildman–Crippen LogP) is 1.81. The van der Waals surface area contributed by atoms with Gasteiger partial charge in [0.15, 0.2) is 11.5 Å². The molecule has 0 saturated heterocycles. The lowest BCUT2D eigenvalue weighted by atomic mass is 10.1. The number of hydrogen-bond acceptors (Lipinski definition) is 5. The van der Waals surface area contributed by atoms with Gasteiger partial charge in [-0.15, -0.1) is 5.10 Å². The predicted molar refractivity (Wildman–Crippen MR) is 93.8 cm³/mol. The van der Waals surface area contributed by atoms with Crippen LogP contribution in [0.15, 0.2) is 42.5 Å². The van der Waals surface area contributed by atoms with Gasteiger partial charge in [0, 0.05) is 6.54 Å². The quantitative estimate of drug-likeness (QED) is 0.710. The van der Waals surface area contributed by atoms with Gasteiger partial charge in [-0.25, -0.2) is 4.68 Å². The van der Waals surface area contributed by atoms with Crippen molar-refractivity contribution in [3.63, 3.8) is 0 Å². The van der Waals surface area contributed by atoms with Crippen molar-refractivity contribution in [3.8, 4) is 11.5 Å². The summed E-state index contributed by atoms with van der Waals surface area (Å²) in [6, 6.07) is 13.3. The number of carbonyl (C=O) groups is 1. The van der Waals surface area contributed by atoms with Crippen LogP contribution in [0.3, 0.4) is 0 Å². The topological polar surface area (TPSA) is 78.3 Å². The molecule has 0 aliphatic rings. The normalized spacial score (nSPS) is 10.6. The van der Waals surface area contributed by atoms with E-state index >= 15 is 0 Å². The Morgan fingerprint density at radius 2 is 1.92 bits per heavy atom. The van der Waals surface area contributed by atoms with Crippen LogP contribution in [0.5, 0.6) is 11.5 Å². The summed E-state index contributed by atoms with van der Waals surface area (Å²) in [6.45, 7) is 0.674. The van der Waals surface area contributed by atoms with E-state index in [0.717, 1.165) is 16.6 Å². The second-order valence-corrected chi connectivity index (χ2v) is 5.53. The summed E-state index contributed by atoms with van der Waals surface area (Å²) in [4.78, 5) is 12.1. The number of aromatic nitrogens is 3. The molecular formula is C18H20N4O3. The van der Waals surface area contributed by atoms with Crippen LogP contribution >= 0.6 is 0 Å². The molecule has 0 atom stereocenters. The van der Waals surface area contributed by atoms with Crippen LogP contribution in [0.1, 0.15) is 5.56 Å². The molecule has 25 heavy (non-hydrogen) atoms. The van der Waals surface area contributed by atoms with Crippen molar-refractivity contribution in [2.24, 2.45) is 0 Å². The van der Waals surface area contributed by atoms with Crippen molar-refractivity contribution in [3.05, 3.63) is 48.0 Å². The Labute approximate surface area is 145 Å². The summed E-state index contributed by atoms with van der Waals surface area (Å²) in [5.74, 6) is 1.27. The van der Waals surface area contributed by atoms with Gasteiger partial charge in [0.05, 0.1) is 19.7 Å². The maximum absolute atomic E-state index is 12.1. The summed E-state index contributed by atoms with van der Waals surface area (Å²) < 4.78 is 12.1. The smallest absolute Gasteiger partial charge is 0.241 e. The van der Waals surface area contributed by atoms with Crippen molar-refractivity contribution in [1.82, 2.24) is 20.3 Å². The first-order valence-electron chi connectivity index (χ1n) is 7.97. The molecule has 3 aromatic rings. The van der Waals surface area contributed by atoms with Crippen LogP contribution in [-0.4, -0.2) is 41.7 Å². The van der Waals surface area contributed by atoms with Crippen molar-refractivity contribution in [2.45, 2.75) is 13.0 Å². The van der Waals surface area contributed by atoms with Crippen LogP contribution in [0.4, 0.5) is 0 Å². The number of carbonyl (C=O) groups excluding carboxylic acids is 1. The lowest BCUT2D eigenvalue weighted by Gasteiger charge is -2.10. The molecule has 0 fully saturated rings. The largest absolute Gasteiger partial charge is 0.493 e. The Balaban J connectivity index is 1.54. The average molecular weight is 340 g/mol. The molecule has 3 rings (SSSR count). The van der Waals surface area contributed by atoms with Crippen LogP contribution < -0.4 is 14.8 Å². The van der Waals surface area contributed by atoms with Gasteiger partial charge in [0.25, 0.3) is 0 Å². The molecule has 1 amide bonds. The van der Waals surface area contributed by atoms with Crippen LogP contribution in [-0.2, 0) is 17.8 Å². The van der Waals surface area contributed by atoms with E-state index in [2.05, 4.69) is 15.6 Å². The number of methoxy groups -OCH3 is 2. The van der Waals surface area contributed by atoms with Crippen molar-refractivity contribution in [1.29, 1.82) is 0 Å².